The number of pyridine rings is 1. The first-order valence-corrected chi connectivity index (χ1v) is 5.00. The molecule has 5 heteroatoms. The monoisotopic (exact) mass is 211 g/mol. The molecule has 0 atom stereocenters. The van der Waals surface area contributed by atoms with E-state index < -0.39 is 5.97 Å². The van der Waals surface area contributed by atoms with E-state index in [1.54, 1.807) is 0 Å². The molecule has 4 nitrogen and oxygen atoms in total. The Bertz CT molecular complexity index is 348. The molecule has 1 heterocycles. The molecule has 1 aromatic rings. The molecule has 14 heavy (non-hydrogen) atoms. The molecule has 0 unspecified atom stereocenters. The van der Waals surface area contributed by atoms with E-state index in [2.05, 4.69) is 4.98 Å². The summed E-state index contributed by atoms with van der Waals surface area (Å²) in [5.41, 5.74) is 0.380. The van der Waals surface area contributed by atoms with Crippen molar-refractivity contribution >= 4 is 22.8 Å². The van der Waals surface area contributed by atoms with Crippen molar-refractivity contribution in [3.05, 3.63) is 29.6 Å². The van der Waals surface area contributed by atoms with Crippen LogP contribution in [0.2, 0.25) is 0 Å². The fourth-order valence-electron chi connectivity index (χ4n) is 0.856. The van der Waals surface area contributed by atoms with Crippen molar-refractivity contribution in [1.82, 2.24) is 4.98 Å². The van der Waals surface area contributed by atoms with E-state index in [-0.39, 0.29) is 10.8 Å². The molecule has 0 spiro atoms. The topological polar surface area (TPSA) is 67.3 Å². The molecule has 0 aromatic carbocycles. The number of hydrogen-bond acceptors (Lipinski definition) is 4. The van der Waals surface area contributed by atoms with Crippen LogP contribution >= 0.6 is 11.8 Å². The number of rotatable bonds is 3. The summed E-state index contributed by atoms with van der Waals surface area (Å²) in [5.74, 6) is -0.397. The smallest absolute Gasteiger partial charge is 0.354 e. The first-order valence-electron chi connectivity index (χ1n) is 4.01. The molecule has 1 aromatic heterocycles. The van der Waals surface area contributed by atoms with Gasteiger partial charge in [0.25, 0.3) is 0 Å². The predicted octanol–water partition coefficient (Wildman–Crippen LogP) is 1.67. The van der Waals surface area contributed by atoms with Gasteiger partial charge in [-0.2, -0.15) is 0 Å². The predicted molar refractivity (Wildman–Crippen MR) is 53.7 cm³/mol. The summed E-state index contributed by atoms with van der Waals surface area (Å²) < 4.78 is 0. The van der Waals surface area contributed by atoms with Crippen LogP contribution in [0.15, 0.2) is 18.3 Å². The Hall–Kier alpha value is -1.36. The fourth-order valence-corrected chi connectivity index (χ4v) is 1.41. The fraction of sp³-hybridized carbons (Fsp3) is 0.222. The highest BCUT2D eigenvalue weighted by atomic mass is 32.2. The second-order valence-corrected chi connectivity index (χ2v) is 3.69. The Morgan fingerprint density at radius 1 is 1.50 bits per heavy atom. The number of carboxylic acids is 1. The number of carbonyl (C=O) groups excluding carboxylic acids is 1. The first kappa shape index (κ1) is 10.7. The van der Waals surface area contributed by atoms with E-state index in [1.807, 2.05) is 6.92 Å². The van der Waals surface area contributed by atoms with E-state index in [0.717, 1.165) is 0 Å². The van der Waals surface area contributed by atoms with Crippen LogP contribution in [0.1, 0.15) is 27.8 Å². The van der Waals surface area contributed by atoms with Crippen LogP contribution in [-0.2, 0) is 0 Å². The summed E-state index contributed by atoms with van der Waals surface area (Å²) in [4.78, 5) is 25.4. The van der Waals surface area contributed by atoms with Crippen LogP contribution in [0.25, 0.3) is 0 Å². The van der Waals surface area contributed by atoms with Gasteiger partial charge < -0.3 is 5.11 Å². The molecule has 0 amide bonds. The molecular formula is C9H9NO3S. The van der Waals surface area contributed by atoms with Crippen LogP contribution in [0.5, 0.6) is 0 Å². The summed E-state index contributed by atoms with van der Waals surface area (Å²) in [5, 5.41) is 8.48. The Labute approximate surface area is 85.4 Å². The van der Waals surface area contributed by atoms with Gasteiger partial charge in [-0.15, -0.1) is 0 Å². The molecule has 0 saturated carbocycles. The maximum atomic E-state index is 11.3. The minimum absolute atomic E-state index is 0.0527. The summed E-state index contributed by atoms with van der Waals surface area (Å²) in [6.45, 7) is 1.88. The van der Waals surface area contributed by atoms with E-state index in [9.17, 15) is 9.59 Å². The quantitative estimate of drug-likeness (QED) is 0.823. The highest BCUT2D eigenvalue weighted by Gasteiger charge is 2.08. The maximum absolute atomic E-state index is 11.3. The average molecular weight is 211 g/mol. The number of nitrogens with zero attached hydrogens (tertiary/aromatic N) is 1. The van der Waals surface area contributed by atoms with Gasteiger partial charge in [-0.3, -0.25) is 4.79 Å². The Morgan fingerprint density at radius 3 is 2.64 bits per heavy atom. The van der Waals surface area contributed by atoms with E-state index in [4.69, 9.17) is 5.11 Å². The second kappa shape index (κ2) is 4.76. The normalized spacial score (nSPS) is 9.79. The number of hydrogen-bond donors (Lipinski definition) is 1. The molecule has 0 aliphatic carbocycles. The van der Waals surface area contributed by atoms with E-state index >= 15 is 0 Å². The molecule has 74 valence electrons. The lowest BCUT2D eigenvalue weighted by molar-refractivity contribution is 0.0690. The number of carbonyl (C=O) groups is 2. The van der Waals surface area contributed by atoms with Gasteiger partial charge in [-0.1, -0.05) is 18.7 Å². The number of thioether (sulfide) groups is 1. The third-order valence-corrected chi connectivity index (χ3v) is 2.28. The number of aromatic carboxylic acids is 1. The number of carboxylic acid groups (broad SMARTS) is 1. The SMILES string of the molecule is CCSC(=O)c1ccc(C(=O)O)nc1. The highest BCUT2D eigenvalue weighted by molar-refractivity contribution is 8.14. The summed E-state index contributed by atoms with van der Waals surface area (Å²) in [6.07, 6.45) is 1.29. The zero-order valence-electron chi connectivity index (χ0n) is 7.56. The lowest BCUT2D eigenvalue weighted by Crippen LogP contribution is -2.02. The van der Waals surface area contributed by atoms with Crippen LogP contribution in [0.4, 0.5) is 0 Å². The van der Waals surface area contributed by atoms with Gasteiger partial charge in [0.05, 0.1) is 0 Å². The Kier molecular flexibility index (Phi) is 3.64. The summed E-state index contributed by atoms with van der Waals surface area (Å²) in [7, 11) is 0. The van der Waals surface area contributed by atoms with Crippen molar-refractivity contribution in [2.45, 2.75) is 6.92 Å². The van der Waals surface area contributed by atoms with Gasteiger partial charge in [-0.05, 0) is 17.9 Å². The largest absolute Gasteiger partial charge is 0.477 e. The van der Waals surface area contributed by atoms with Crippen molar-refractivity contribution in [2.24, 2.45) is 0 Å². The van der Waals surface area contributed by atoms with Gasteiger partial charge in [0.15, 0.2) is 0 Å². The third kappa shape index (κ3) is 2.56. The molecule has 0 radical (unpaired) electrons. The summed E-state index contributed by atoms with van der Waals surface area (Å²) in [6, 6.07) is 2.80. The Morgan fingerprint density at radius 2 is 2.21 bits per heavy atom. The zero-order valence-corrected chi connectivity index (χ0v) is 8.37. The molecule has 0 saturated heterocycles. The van der Waals surface area contributed by atoms with Crippen molar-refractivity contribution in [1.29, 1.82) is 0 Å². The molecule has 1 rings (SSSR count). The zero-order chi connectivity index (χ0) is 10.6. The van der Waals surface area contributed by atoms with Crippen LogP contribution in [-0.4, -0.2) is 26.9 Å². The third-order valence-electron chi connectivity index (χ3n) is 1.49. The van der Waals surface area contributed by atoms with E-state index in [1.165, 1.54) is 30.1 Å². The molecular weight excluding hydrogens is 202 g/mol. The minimum atomic E-state index is -1.09. The van der Waals surface area contributed by atoms with Gasteiger partial charge in [0.2, 0.25) is 5.12 Å². The van der Waals surface area contributed by atoms with Gasteiger partial charge in [0, 0.05) is 11.8 Å². The van der Waals surface area contributed by atoms with Crippen molar-refractivity contribution < 1.29 is 14.7 Å². The highest BCUT2D eigenvalue weighted by Crippen LogP contribution is 2.11. The van der Waals surface area contributed by atoms with Crippen LogP contribution in [0, 0.1) is 0 Å². The van der Waals surface area contributed by atoms with Gasteiger partial charge in [-0.25, -0.2) is 9.78 Å². The van der Waals surface area contributed by atoms with Crippen molar-refractivity contribution in [3.63, 3.8) is 0 Å². The van der Waals surface area contributed by atoms with Gasteiger partial charge >= 0.3 is 5.97 Å². The van der Waals surface area contributed by atoms with Crippen molar-refractivity contribution in [2.75, 3.05) is 5.75 Å². The average Bonchev–Trinajstić information content (AvgIpc) is 2.18. The standard InChI is InChI=1S/C9H9NO3S/c1-2-14-9(13)6-3-4-7(8(11)12)10-5-6/h3-5H,2H2,1H3,(H,11,12). The molecule has 0 bridgehead atoms. The maximum Gasteiger partial charge on any atom is 0.354 e. The molecule has 0 fully saturated rings. The lowest BCUT2D eigenvalue weighted by Gasteiger charge is -1.98. The summed E-state index contributed by atoms with van der Waals surface area (Å²) >= 11 is 1.17. The second-order valence-electron chi connectivity index (χ2n) is 2.46. The minimum Gasteiger partial charge on any atom is -0.477 e. The number of aromatic nitrogens is 1. The van der Waals surface area contributed by atoms with Crippen LogP contribution in [0.3, 0.4) is 0 Å². The molecule has 0 aliphatic heterocycles. The lowest BCUT2D eigenvalue weighted by atomic mass is 10.3. The van der Waals surface area contributed by atoms with Gasteiger partial charge in [0.1, 0.15) is 5.69 Å². The van der Waals surface area contributed by atoms with Crippen LogP contribution < -0.4 is 0 Å². The molecule has 0 aliphatic rings. The molecule has 1 N–H and O–H groups in total. The van der Waals surface area contributed by atoms with Crippen molar-refractivity contribution in [3.8, 4) is 0 Å². The Balaban J connectivity index is 2.83. The first-order chi connectivity index (χ1) is 6.65. The van der Waals surface area contributed by atoms with E-state index in [0.29, 0.717) is 11.3 Å².